The molecule has 1 heteroatoms. The Morgan fingerprint density at radius 3 is 2.35 bits per heavy atom. The molecule has 0 unspecified atom stereocenters. The average Bonchev–Trinajstić information content (AvgIpc) is 3.13. The largest absolute Gasteiger partial charge is 0.179 e. The number of rotatable bonds is 0. The van der Waals surface area contributed by atoms with Crippen LogP contribution in [-0.2, 0) is 24.3 Å². The van der Waals surface area contributed by atoms with E-state index in [1.807, 2.05) is 12.1 Å². The van der Waals surface area contributed by atoms with E-state index in [0.717, 1.165) is 12.8 Å². The van der Waals surface area contributed by atoms with E-state index in [4.69, 9.17) is 0 Å². The Hall–Kier alpha value is -1.59. The van der Waals surface area contributed by atoms with E-state index in [1.165, 1.54) is 45.7 Å². The van der Waals surface area contributed by atoms with E-state index in [2.05, 4.69) is 75.4 Å². The number of fused-ring (bicyclic) bond motifs is 3. The molecule has 23 heavy (non-hydrogen) atoms. The Kier molecular flexibility index (Phi) is 6.87. The predicted octanol–water partition coefficient (Wildman–Crippen LogP) is 5.50. The summed E-state index contributed by atoms with van der Waals surface area (Å²) in [6, 6.07) is 18.1. The van der Waals surface area contributed by atoms with Crippen molar-refractivity contribution >= 4 is 4.11 Å². The Balaban J connectivity index is 0.000000161. The molecular formula is C22H22Zn-2. The van der Waals surface area contributed by atoms with E-state index >= 15 is 0 Å². The molecule has 0 radical (unpaired) electrons. The van der Waals surface area contributed by atoms with Gasteiger partial charge in [-0.1, -0.05) is 35.4 Å². The van der Waals surface area contributed by atoms with E-state index in [9.17, 15) is 0 Å². The standard InChI is InChI=1S/C13H9.C6H7.C3H6.Zn/c1-3-7-12-10(5-1)9-11-6-2-4-8-13(11)12;1-6-4-2-3-5-6;1-3-2;/h1-5,7-8H,9H2;4-5H,2H2,1H3;1-2H3;/q2*-1;;. The third-order valence-electron chi connectivity index (χ3n) is 3.49. The molecule has 114 valence electrons. The molecule has 0 N–H and O–H groups in total. The normalized spacial score (nSPS) is 13.0. The van der Waals surface area contributed by atoms with Crippen molar-refractivity contribution in [3.8, 4) is 11.1 Å². The maximum Gasteiger partial charge on any atom is -0.0253 e. The van der Waals surface area contributed by atoms with Gasteiger partial charge in [0, 0.05) is 0 Å². The fourth-order valence-corrected chi connectivity index (χ4v) is 2.50. The van der Waals surface area contributed by atoms with Gasteiger partial charge in [-0.05, 0) is 6.42 Å². The molecule has 0 saturated carbocycles. The molecule has 2 aliphatic carbocycles. The minimum Gasteiger partial charge on any atom is -0.179 e. The molecule has 0 atom stereocenters. The third-order valence-corrected chi connectivity index (χ3v) is 3.49. The van der Waals surface area contributed by atoms with Crippen molar-refractivity contribution in [2.75, 3.05) is 0 Å². The fourth-order valence-electron chi connectivity index (χ4n) is 2.50. The summed E-state index contributed by atoms with van der Waals surface area (Å²) in [6.45, 7) is 6.36. The van der Waals surface area contributed by atoms with Crippen LogP contribution in [0.15, 0.2) is 60.2 Å². The molecule has 0 amide bonds. The first-order valence-electron chi connectivity index (χ1n) is 8.01. The van der Waals surface area contributed by atoms with E-state index in [1.54, 1.807) is 4.11 Å². The average molecular weight is 352 g/mol. The predicted molar refractivity (Wildman–Crippen MR) is 96.1 cm³/mol. The first-order valence-corrected chi connectivity index (χ1v) is 9.49. The van der Waals surface area contributed by atoms with Gasteiger partial charge in [0.15, 0.2) is 0 Å². The molecule has 0 fully saturated rings. The second-order valence-corrected chi connectivity index (χ2v) is 9.07. The molecule has 0 saturated heterocycles. The van der Waals surface area contributed by atoms with Gasteiger partial charge < -0.3 is 0 Å². The second-order valence-electron chi connectivity index (χ2n) is 6.10. The van der Waals surface area contributed by atoms with Crippen molar-refractivity contribution in [1.29, 1.82) is 0 Å². The molecule has 0 nitrogen and oxygen atoms in total. The van der Waals surface area contributed by atoms with Crippen LogP contribution in [0.3, 0.4) is 0 Å². The molecule has 0 heterocycles. The first kappa shape index (κ1) is 17.8. The van der Waals surface area contributed by atoms with E-state index < -0.39 is 0 Å². The van der Waals surface area contributed by atoms with E-state index in [0.29, 0.717) is 0 Å². The number of benzene rings is 2. The molecular weight excluding hydrogens is 330 g/mol. The Labute approximate surface area is 150 Å². The van der Waals surface area contributed by atoms with Crippen LogP contribution in [0.1, 0.15) is 38.3 Å². The maximum atomic E-state index is 3.30. The van der Waals surface area contributed by atoms with Gasteiger partial charge in [0.05, 0.1) is 0 Å². The third kappa shape index (κ3) is 5.52. The molecule has 0 bridgehead atoms. The molecule has 0 aliphatic heterocycles. The summed E-state index contributed by atoms with van der Waals surface area (Å²) in [4.78, 5) is 0. The summed E-state index contributed by atoms with van der Waals surface area (Å²) in [5.74, 6) is 0. The summed E-state index contributed by atoms with van der Waals surface area (Å²) >= 11 is 1.35. The Bertz CT molecular complexity index is 685. The zero-order chi connectivity index (χ0) is 16.7. The van der Waals surface area contributed by atoms with Crippen LogP contribution in [0.2, 0.25) is 0 Å². The van der Waals surface area contributed by atoms with Crippen molar-refractivity contribution in [2.45, 2.75) is 33.6 Å². The van der Waals surface area contributed by atoms with Crippen LogP contribution in [0.25, 0.3) is 11.1 Å². The smallest absolute Gasteiger partial charge is 0.0253 e. The summed E-state index contributed by atoms with van der Waals surface area (Å²) in [7, 11) is 0. The molecule has 2 aliphatic rings. The summed E-state index contributed by atoms with van der Waals surface area (Å²) in [5, 5.41) is 0. The molecule has 0 aromatic heterocycles. The SMILES string of the molecule is CC1=CC[C-]=C1.C[C](C)=[Zn].[c-]1cccc2c1Cc1ccccc1-2. The van der Waals surface area contributed by atoms with Crippen LogP contribution in [0, 0.1) is 12.1 Å². The van der Waals surface area contributed by atoms with Gasteiger partial charge in [0.25, 0.3) is 0 Å². The van der Waals surface area contributed by atoms with Crippen LogP contribution < -0.4 is 0 Å². The first-order chi connectivity index (χ1) is 11.1. The van der Waals surface area contributed by atoms with Gasteiger partial charge in [-0.25, -0.2) is 11.6 Å². The summed E-state index contributed by atoms with van der Waals surface area (Å²) < 4.78 is 1.54. The van der Waals surface area contributed by atoms with Crippen molar-refractivity contribution in [2.24, 2.45) is 0 Å². The minimum absolute atomic E-state index is 1.02. The number of hydrogen-bond acceptors (Lipinski definition) is 0. The van der Waals surface area contributed by atoms with Gasteiger partial charge in [-0.3, -0.25) is 6.08 Å². The van der Waals surface area contributed by atoms with Crippen molar-refractivity contribution < 1.29 is 17.9 Å². The second kappa shape index (κ2) is 8.89. The quantitative estimate of drug-likeness (QED) is 0.370. The van der Waals surface area contributed by atoms with Gasteiger partial charge in [-0.15, -0.1) is 18.9 Å². The van der Waals surface area contributed by atoms with Gasteiger partial charge in [0.2, 0.25) is 0 Å². The van der Waals surface area contributed by atoms with Crippen molar-refractivity contribution in [3.63, 3.8) is 0 Å². The monoisotopic (exact) mass is 350 g/mol. The molecule has 2 aromatic rings. The van der Waals surface area contributed by atoms with Gasteiger partial charge in [-0.2, -0.15) is 35.9 Å². The van der Waals surface area contributed by atoms with Crippen molar-refractivity contribution in [1.82, 2.24) is 0 Å². The molecule has 2 aromatic carbocycles. The van der Waals surface area contributed by atoms with Crippen LogP contribution in [0.5, 0.6) is 0 Å². The Morgan fingerprint density at radius 2 is 1.74 bits per heavy atom. The zero-order valence-electron chi connectivity index (χ0n) is 14.3. The fraction of sp³-hybridized carbons (Fsp3) is 0.227. The van der Waals surface area contributed by atoms with Crippen LogP contribution in [-0.4, -0.2) is 4.11 Å². The maximum absolute atomic E-state index is 3.30. The van der Waals surface area contributed by atoms with Crippen LogP contribution in [0.4, 0.5) is 0 Å². The van der Waals surface area contributed by atoms with Gasteiger partial charge >= 0.3 is 35.8 Å². The molecule has 0 spiro atoms. The zero-order valence-corrected chi connectivity index (χ0v) is 17.3. The summed E-state index contributed by atoms with van der Waals surface area (Å²) in [6.07, 6.45) is 9.29. The molecule has 4 rings (SSSR count). The summed E-state index contributed by atoms with van der Waals surface area (Å²) in [5.41, 5.74) is 6.85. The van der Waals surface area contributed by atoms with Crippen LogP contribution >= 0.6 is 0 Å². The van der Waals surface area contributed by atoms with E-state index in [-0.39, 0.29) is 0 Å². The van der Waals surface area contributed by atoms with Gasteiger partial charge in [0.1, 0.15) is 0 Å². The van der Waals surface area contributed by atoms with Crippen molar-refractivity contribution in [3.05, 3.63) is 83.5 Å². The number of allylic oxidation sites excluding steroid dienone is 4. The topological polar surface area (TPSA) is 0 Å². The minimum atomic E-state index is 1.02. The number of hydrogen-bond donors (Lipinski definition) is 0. The Morgan fingerprint density at radius 1 is 1.04 bits per heavy atom.